The topological polar surface area (TPSA) is 38.3 Å². The van der Waals surface area contributed by atoms with Gasteiger partial charge in [-0.2, -0.15) is 0 Å². The van der Waals surface area contributed by atoms with Crippen molar-refractivity contribution in [1.29, 1.82) is 0 Å². The quantitative estimate of drug-likeness (QED) is 0.896. The SMILES string of the molecule is O=C(Nc1ccccc1)OCC=Cc1ccccc1. The largest absolute Gasteiger partial charge is 0.445 e. The molecule has 0 fully saturated rings. The fourth-order valence-corrected chi connectivity index (χ4v) is 1.55. The lowest BCUT2D eigenvalue weighted by molar-refractivity contribution is 0.174. The standard InChI is InChI=1S/C16H15NO2/c18-16(17-15-11-5-2-6-12-15)19-13-7-10-14-8-3-1-4-9-14/h1-12H,13H2,(H,17,18). The zero-order valence-electron chi connectivity index (χ0n) is 10.5. The van der Waals surface area contributed by atoms with E-state index in [0.717, 1.165) is 11.3 Å². The maximum Gasteiger partial charge on any atom is 0.411 e. The molecular weight excluding hydrogens is 238 g/mol. The normalized spacial score (nSPS) is 10.3. The Morgan fingerprint density at radius 3 is 2.32 bits per heavy atom. The van der Waals surface area contributed by atoms with Crippen LogP contribution < -0.4 is 5.32 Å². The summed E-state index contributed by atoms with van der Waals surface area (Å²) in [4.78, 5) is 11.5. The molecule has 0 heterocycles. The van der Waals surface area contributed by atoms with Gasteiger partial charge in [-0.3, -0.25) is 5.32 Å². The van der Waals surface area contributed by atoms with Crippen LogP contribution in [0.4, 0.5) is 10.5 Å². The summed E-state index contributed by atoms with van der Waals surface area (Å²) in [5, 5.41) is 2.65. The van der Waals surface area contributed by atoms with Gasteiger partial charge in [0.1, 0.15) is 6.61 Å². The minimum Gasteiger partial charge on any atom is -0.445 e. The fraction of sp³-hybridized carbons (Fsp3) is 0.0625. The Hall–Kier alpha value is -2.55. The summed E-state index contributed by atoms with van der Waals surface area (Å²) in [6.45, 7) is 0.244. The van der Waals surface area contributed by atoms with E-state index in [-0.39, 0.29) is 6.61 Å². The molecule has 2 aromatic rings. The first-order valence-corrected chi connectivity index (χ1v) is 6.05. The number of nitrogens with one attached hydrogen (secondary N) is 1. The fourth-order valence-electron chi connectivity index (χ4n) is 1.55. The van der Waals surface area contributed by atoms with Crippen LogP contribution in [-0.2, 0) is 4.74 Å². The monoisotopic (exact) mass is 253 g/mol. The Labute approximate surface area is 112 Å². The van der Waals surface area contributed by atoms with E-state index < -0.39 is 6.09 Å². The van der Waals surface area contributed by atoms with Crippen molar-refractivity contribution < 1.29 is 9.53 Å². The van der Waals surface area contributed by atoms with Crippen molar-refractivity contribution in [2.24, 2.45) is 0 Å². The summed E-state index contributed by atoms with van der Waals surface area (Å²) < 4.78 is 5.03. The van der Waals surface area contributed by atoms with E-state index in [1.165, 1.54) is 0 Å². The molecule has 0 aliphatic rings. The maximum absolute atomic E-state index is 11.5. The summed E-state index contributed by atoms with van der Waals surface area (Å²) in [5.74, 6) is 0. The van der Waals surface area contributed by atoms with Crippen LogP contribution in [0.25, 0.3) is 6.08 Å². The first-order valence-electron chi connectivity index (χ1n) is 6.05. The molecule has 19 heavy (non-hydrogen) atoms. The van der Waals surface area contributed by atoms with Crippen LogP contribution in [0.2, 0.25) is 0 Å². The lowest BCUT2D eigenvalue weighted by Crippen LogP contribution is -2.13. The first kappa shape index (κ1) is 12.9. The van der Waals surface area contributed by atoms with Crippen molar-refractivity contribution in [2.75, 3.05) is 11.9 Å². The van der Waals surface area contributed by atoms with Crippen molar-refractivity contribution in [3.05, 3.63) is 72.3 Å². The van der Waals surface area contributed by atoms with Crippen molar-refractivity contribution in [3.63, 3.8) is 0 Å². The minimum atomic E-state index is -0.455. The van der Waals surface area contributed by atoms with E-state index in [2.05, 4.69) is 5.32 Å². The van der Waals surface area contributed by atoms with Gasteiger partial charge in [-0.1, -0.05) is 54.6 Å². The van der Waals surface area contributed by atoms with Crippen LogP contribution in [0.3, 0.4) is 0 Å². The van der Waals surface area contributed by atoms with Gasteiger partial charge in [-0.15, -0.1) is 0 Å². The molecule has 0 unspecified atom stereocenters. The van der Waals surface area contributed by atoms with E-state index in [1.54, 1.807) is 18.2 Å². The highest BCUT2D eigenvalue weighted by Crippen LogP contribution is 2.05. The number of rotatable bonds is 4. The second-order valence-electron chi connectivity index (χ2n) is 3.90. The number of carbonyl (C=O) groups excluding carboxylic acids is 1. The van der Waals surface area contributed by atoms with Crippen LogP contribution >= 0.6 is 0 Å². The number of hydrogen-bond acceptors (Lipinski definition) is 2. The van der Waals surface area contributed by atoms with Gasteiger partial charge in [-0.05, 0) is 23.8 Å². The maximum atomic E-state index is 11.5. The predicted molar refractivity (Wildman–Crippen MR) is 76.9 cm³/mol. The first-order chi connectivity index (χ1) is 9.34. The van der Waals surface area contributed by atoms with Crippen molar-refractivity contribution in [1.82, 2.24) is 0 Å². The van der Waals surface area contributed by atoms with Gasteiger partial charge in [0.25, 0.3) is 0 Å². The number of carbonyl (C=O) groups is 1. The van der Waals surface area contributed by atoms with E-state index in [1.807, 2.05) is 54.6 Å². The van der Waals surface area contributed by atoms with E-state index >= 15 is 0 Å². The summed E-state index contributed by atoms with van der Waals surface area (Å²) in [7, 11) is 0. The molecule has 0 saturated carbocycles. The lowest BCUT2D eigenvalue weighted by Gasteiger charge is -2.04. The third kappa shape index (κ3) is 4.68. The molecule has 0 atom stereocenters. The summed E-state index contributed by atoms with van der Waals surface area (Å²) in [6.07, 6.45) is 3.26. The second kappa shape index (κ2) is 7.01. The van der Waals surface area contributed by atoms with Crippen LogP contribution in [0.15, 0.2) is 66.7 Å². The molecule has 0 aliphatic carbocycles. The smallest absolute Gasteiger partial charge is 0.411 e. The second-order valence-corrected chi connectivity index (χ2v) is 3.90. The Morgan fingerprint density at radius 1 is 1.00 bits per heavy atom. The molecule has 0 spiro atoms. The number of anilines is 1. The molecule has 0 aliphatic heterocycles. The molecule has 2 aromatic carbocycles. The average Bonchev–Trinajstić information content (AvgIpc) is 2.46. The predicted octanol–water partition coefficient (Wildman–Crippen LogP) is 3.95. The summed E-state index contributed by atoms with van der Waals surface area (Å²) in [6, 6.07) is 19.1. The van der Waals surface area contributed by atoms with Crippen molar-refractivity contribution in [2.45, 2.75) is 0 Å². The van der Waals surface area contributed by atoms with Gasteiger partial charge in [-0.25, -0.2) is 4.79 Å². The lowest BCUT2D eigenvalue weighted by atomic mass is 10.2. The molecule has 3 nitrogen and oxygen atoms in total. The molecule has 1 N–H and O–H groups in total. The zero-order valence-corrected chi connectivity index (χ0v) is 10.5. The van der Waals surface area contributed by atoms with Gasteiger partial charge in [0.2, 0.25) is 0 Å². The number of benzene rings is 2. The van der Waals surface area contributed by atoms with Gasteiger partial charge < -0.3 is 4.74 Å². The molecule has 2 rings (SSSR count). The van der Waals surface area contributed by atoms with Crippen molar-refractivity contribution >= 4 is 17.9 Å². The Morgan fingerprint density at radius 2 is 1.63 bits per heavy atom. The molecule has 0 bridgehead atoms. The number of para-hydroxylation sites is 1. The molecule has 0 radical (unpaired) electrons. The number of ether oxygens (including phenoxy) is 1. The zero-order chi connectivity index (χ0) is 13.3. The third-order valence-corrected chi connectivity index (χ3v) is 2.44. The van der Waals surface area contributed by atoms with Gasteiger partial charge in [0.15, 0.2) is 0 Å². The van der Waals surface area contributed by atoms with E-state index in [4.69, 9.17) is 4.74 Å². The highest BCUT2D eigenvalue weighted by Gasteiger charge is 2.00. The Kier molecular flexibility index (Phi) is 4.76. The molecule has 96 valence electrons. The molecule has 0 saturated heterocycles. The van der Waals surface area contributed by atoms with Gasteiger partial charge >= 0.3 is 6.09 Å². The Bertz CT molecular complexity index is 535. The Balaban J connectivity index is 1.74. The highest BCUT2D eigenvalue weighted by molar-refractivity contribution is 5.84. The van der Waals surface area contributed by atoms with Crippen LogP contribution in [0.5, 0.6) is 0 Å². The van der Waals surface area contributed by atoms with Crippen LogP contribution in [0, 0.1) is 0 Å². The van der Waals surface area contributed by atoms with Gasteiger partial charge in [0, 0.05) is 5.69 Å². The van der Waals surface area contributed by atoms with E-state index in [0.29, 0.717) is 0 Å². The van der Waals surface area contributed by atoms with Gasteiger partial charge in [0.05, 0.1) is 0 Å². The number of hydrogen-bond donors (Lipinski definition) is 1. The molecular formula is C16H15NO2. The molecule has 1 amide bonds. The van der Waals surface area contributed by atoms with Crippen LogP contribution in [-0.4, -0.2) is 12.7 Å². The third-order valence-electron chi connectivity index (χ3n) is 2.44. The average molecular weight is 253 g/mol. The molecule has 3 heteroatoms. The van der Waals surface area contributed by atoms with E-state index in [9.17, 15) is 4.79 Å². The highest BCUT2D eigenvalue weighted by atomic mass is 16.5. The van der Waals surface area contributed by atoms with Crippen LogP contribution in [0.1, 0.15) is 5.56 Å². The van der Waals surface area contributed by atoms with Crippen molar-refractivity contribution in [3.8, 4) is 0 Å². The number of amides is 1. The molecule has 0 aromatic heterocycles. The minimum absolute atomic E-state index is 0.244. The summed E-state index contributed by atoms with van der Waals surface area (Å²) in [5.41, 5.74) is 1.80. The summed E-state index contributed by atoms with van der Waals surface area (Å²) >= 11 is 0.